The zero-order valence-corrected chi connectivity index (χ0v) is 11.9. The molecule has 1 aliphatic rings. The van der Waals surface area contributed by atoms with Crippen LogP contribution in [0.1, 0.15) is 15.9 Å². The highest BCUT2D eigenvalue weighted by Crippen LogP contribution is 2.20. The van der Waals surface area contributed by atoms with Crippen LogP contribution in [0.15, 0.2) is 12.1 Å². The Morgan fingerprint density at radius 3 is 2.90 bits per heavy atom. The summed E-state index contributed by atoms with van der Waals surface area (Å²) in [6.45, 7) is 0.478. The number of hydrogen-bond donors (Lipinski definition) is 2. The van der Waals surface area contributed by atoms with Crippen LogP contribution in [0, 0.1) is 0 Å². The SMILES string of the molecule is COC(CNC(=O)c1cc2c(cc1Cl)COB2O)OC. The molecular weight excluding hydrogens is 284 g/mol. The highest BCUT2D eigenvalue weighted by Gasteiger charge is 2.29. The first kappa shape index (κ1) is 15.3. The average molecular weight is 300 g/mol. The van der Waals surface area contributed by atoms with Gasteiger partial charge in [0.15, 0.2) is 6.29 Å². The van der Waals surface area contributed by atoms with Crippen LogP contribution in [0.25, 0.3) is 0 Å². The fourth-order valence-corrected chi connectivity index (χ4v) is 2.22. The van der Waals surface area contributed by atoms with Crippen LogP contribution in [-0.2, 0) is 20.7 Å². The Hall–Kier alpha value is -1.12. The first-order chi connectivity index (χ1) is 9.56. The van der Waals surface area contributed by atoms with Gasteiger partial charge < -0.3 is 24.5 Å². The minimum Gasteiger partial charge on any atom is -0.423 e. The normalized spacial score (nSPS) is 13.8. The fourth-order valence-electron chi connectivity index (χ4n) is 1.95. The number of carbonyl (C=O) groups is 1. The molecule has 6 nitrogen and oxygen atoms in total. The maximum absolute atomic E-state index is 12.1. The number of halogens is 1. The molecule has 0 radical (unpaired) electrons. The van der Waals surface area contributed by atoms with Crippen LogP contribution in [0.5, 0.6) is 0 Å². The van der Waals surface area contributed by atoms with Crippen molar-refractivity contribution in [3.63, 3.8) is 0 Å². The van der Waals surface area contributed by atoms with Crippen molar-refractivity contribution in [2.75, 3.05) is 20.8 Å². The van der Waals surface area contributed by atoms with Crippen molar-refractivity contribution >= 4 is 30.1 Å². The molecule has 1 aromatic carbocycles. The maximum Gasteiger partial charge on any atom is 0.491 e. The number of ether oxygens (including phenoxy) is 2. The molecule has 0 aliphatic carbocycles. The van der Waals surface area contributed by atoms with Gasteiger partial charge in [0.2, 0.25) is 0 Å². The van der Waals surface area contributed by atoms with Crippen molar-refractivity contribution in [3.8, 4) is 0 Å². The van der Waals surface area contributed by atoms with Crippen molar-refractivity contribution in [1.29, 1.82) is 0 Å². The molecule has 0 saturated carbocycles. The predicted octanol–water partition coefficient (Wildman–Crippen LogP) is -0.0936. The molecular formula is C12H15BClNO5. The van der Waals surface area contributed by atoms with Crippen LogP contribution in [0.4, 0.5) is 0 Å². The Kier molecular flexibility index (Phi) is 5.01. The van der Waals surface area contributed by atoms with Gasteiger partial charge in [-0.25, -0.2) is 0 Å². The van der Waals surface area contributed by atoms with E-state index in [0.717, 1.165) is 5.56 Å². The number of nitrogens with one attached hydrogen (secondary N) is 1. The van der Waals surface area contributed by atoms with E-state index in [-0.39, 0.29) is 24.6 Å². The quantitative estimate of drug-likeness (QED) is 0.587. The smallest absolute Gasteiger partial charge is 0.423 e. The lowest BCUT2D eigenvalue weighted by Crippen LogP contribution is -2.35. The summed E-state index contributed by atoms with van der Waals surface area (Å²) in [5.41, 5.74) is 1.63. The Morgan fingerprint density at radius 2 is 2.25 bits per heavy atom. The van der Waals surface area contributed by atoms with Gasteiger partial charge in [0.05, 0.1) is 23.7 Å². The zero-order chi connectivity index (χ0) is 14.7. The number of amides is 1. The molecule has 1 aromatic rings. The number of rotatable bonds is 5. The van der Waals surface area contributed by atoms with Gasteiger partial charge in [0.25, 0.3) is 5.91 Å². The third kappa shape index (κ3) is 3.13. The summed E-state index contributed by atoms with van der Waals surface area (Å²) in [4.78, 5) is 12.1. The summed E-state index contributed by atoms with van der Waals surface area (Å²) in [6.07, 6.45) is -0.527. The van der Waals surface area contributed by atoms with Gasteiger partial charge in [0.1, 0.15) is 0 Å². The van der Waals surface area contributed by atoms with Crippen molar-refractivity contribution in [2.45, 2.75) is 12.9 Å². The summed E-state index contributed by atoms with van der Waals surface area (Å²) in [7, 11) is 1.95. The second-order valence-corrected chi connectivity index (χ2v) is 4.71. The molecule has 1 heterocycles. The fraction of sp³-hybridized carbons (Fsp3) is 0.417. The van der Waals surface area contributed by atoms with Crippen LogP contribution >= 0.6 is 11.6 Å². The van der Waals surface area contributed by atoms with E-state index in [1.54, 1.807) is 12.1 Å². The molecule has 1 amide bonds. The van der Waals surface area contributed by atoms with Crippen molar-refractivity contribution in [3.05, 3.63) is 28.3 Å². The summed E-state index contributed by atoms with van der Waals surface area (Å²) < 4.78 is 15.0. The van der Waals surface area contributed by atoms with Crippen LogP contribution in [0.2, 0.25) is 5.02 Å². The summed E-state index contributed by atoms with van der Waals surface area (Å²) in [5, 5.41) is 12.6. The maximum atomic E-state index is 12.1. The lowest BCUT2D eigenvalue weighted by atomic mass is 9.78. The van der Waals surface area contributed by atoms with Gasteiger partial charge in [-0.05, 0) is 23.2 Å². The molecule has 0 bridgehead atoms. The predicted molar refractivity (Wildman–Crippen MR) is 74.0 cm³/mol. The molecule has 0 fully saturated rings. The lowest BCUT2D eigenvalue weighted by molar-refractivity contribution is -0.0974. The number of carbonyl (C=O) groups excluding carboxylic acids is 1. The zero-order valence-electron chi connectivity index (χ0n) is 11.2. The Labute approximate surface area is 122 Å². The van der Waals surface area contributed by atoms with E-state index in [9.17, 15) is 9.82 Å². The Morgan fingerprint density at radius 1 is 1.55 bits per heavy atom. The number of hydrogen-bond acceptors (Lipinski definition) is 5. The molecule has 20 heavy (non-hydrogen) atoms. The highest BCUT2D eigenvalue weighted by atomic mass is 35.5. The third-order valence-corrected chi connectivity index (χ3v) is 3.40. The molecule has 0 atom stereocenters. The van der Waals surface area contributed by atoms with Crippen LogP contribution in [0.3, 0.4) is 0 Å². The second kappa shape index (κ2) is 6.56. The monoisotopic (exact) mass is 299 g/mol. The molecule has 2 rings (SSSR count). The largest absolute Gasteiger partial charge is 0.491 e. The van der Waals surface area contributed by atoms with Crippen LogP contribution < -0.4 is 10.8 Å². The first-order valence-electron chi connectivity index (χ1n) is 6.02. The summed E-state index contributed by atoms with van der Waals surface area (Å²) >= 11 is 6.07. The first-order valence-corrected chi connectivity index (χ1v) is 6.40. The van der Waals surface area contributed by atoms with Gasteiger partial charge in [-0.1, -0.05) is 11.6 Å². The number of methoxy groups -OCH3 is 2. The molecule has 0 unspecified atom stereocenters. The van der Waals surface area contributed by atoms with Crippen molar-refractivity contribution in [2.24, 2.45) is 0 Å². The second-order valence-electron chi connectivity index (χ2n) is 4.31. The molecule has 1 aliphatic heterocycles. The Balaban J connectivity index is 2.12. The van der Waals surface area contributed by atoms with E-state index in [4.69, 9.17) is 25.7 Å². The molecule has 0 saturated heterocycles. The van der Waals surface area contributed by atoms with Gasteiger partial charge in [-0.2, -0.15) is 0 Å². The van der Waals surface area contributed by atoms with E-state index in [1.165, 1.54) is 14.2 Å². The minimum absolute atomic E-state index is 0.193. The van der Waals surface area contributed by atoms with E-state index < -0.39 is 13.4 Å². The third-order valence-electron chi connectivity index (χ3n) is 3.09. The molecule has 2 N–H and O–H groups in total. The van der Waals surface area contributed by atoms with E-state index in [0.29, 0.717) is 10.5 Å². The Bertz CT molecular complexity index is 509. The summed E-state index contributed by atoms with van der Waals surface area (Å²) in [6, 6.07) is 3.17. The summed E-state index contributed by atoms with van der Waals surface area (Å²) in [5.74, 6) is -0.365. The standard InChI is InChI=1S/C12H15BClNO5/c1-18-11(19-2)5-15-12(16)8-4-9-7(3-10(8)14)6-20-13(9)17/h3-4,11,17H,5-6H2,1-2H3,(H,15,16). The molecule has 0 aromatic heterocycles. The van der Waals surface area contributed by atoms with Crippen molar-refractivity contribution in [1.82, 2.24) is 5.32 Å². The minimum atomic E-state index is -1.01. The van der Waals surface area contributed by atoms with Gasteiger partial charge in [-0.3, -0.25) is 4.79 Å². The number of benzene rings is 1. The van der Waals surface area contributed by atoms with Crippen LogP contribution in [-0.4, -0.2) is 45.1 Å². The molecule has 0 spiro atoms. The van der Waals surface area contributed by atoms with E-state index in [1.807, 2.05) is 0 Å². The van der Waals surface area contributed by atoms with Crippen molar-refractivity contribution < 1.29 is 23.9 Å². The number of fused-ring (bicyclic) bond motifs is 1. The molecule has 108 valence electrons. The van der Waals surface area contributed by atoms with Gasteiger partial charge in [0, 0.05) is 14.2 Å². The lowest BCUT2D eigenvalue weighted by Gasteiger charge is -2.14. The average Bonchev–Trinajstić information content (AvgIpc) is 2.79. The topological polar surface area (TPSA) is 77.0 Å². The molecule has 8 heteroatoms. The van der Waals surface area contributed by atoms with E-state index >= 15 is 0 Å². The van der Waals surface area contributed by atoms with Gasteiger partial charge >= 0.3 is 7.12 Å². The van der Waals surface area contributed by atoms with Gasteiger partial charge in [-0.15, -0.1) is 0 Å². The highest BCUT2D eigenvalue weighted by molar-refractivity contribution is 6.61. The van der Waals surface area contributed by atoms with E-state index in [2.05, 4.69) is 5.32 Å².